The number of benzene rings is 8. The summed E-state index contributed by atoms with van der Waals surface area (Å²) in [7, 11) is 0. The Kier molecular flexibility index (Phi) is 6.19. The molecule has 0 aliphatic carbocycles. The molecule has 0 bridgehead atoms. The van der Waals surface area contributed by atoms with Gasteiger partial charge in [0.05, 0.1) is 0 Å². The van der Waals surface area contributed by atoms with Crippen molar-refractivity contribution in [2.24, 2.45) is 0 Å². The molecule has 8 heteroatoms. The normalized spacial score (nSPS) is 11.6. The Morgan fingerprint density at radius 2 is 0.417 bits per heavy atom. The van der Waals surface area contributed by atoms with Crippen molar-refractivity contribution >= 4 is 32.3 Å². The molecule has 48 heavy (non-hydrogen) atoms. The minimum atomic E-state index is -0.135. The van der Waals surface area contributed by atoms with Crippen LogP contribution in [0.3, 0.4) is 0 Å². The average Bonchev–Trinajstić information content (AvgIpc) is 3.01. The van der Waals surface area contributed by atoms with Gasteiger partial charge in [-0.2, -0.15) is 0 Å². The first-order chi connectivity index (χ1) is 23.0. The highest BCUT2D eigenvalue weighted by atomic mass is 16.3. The van der Waals surface area contributed by atoms with E-state index in [1.807, 2.05) is 36.4 Å². The van der Waals surface area contributed by atoms with Crippen LogP contribution in [0.15, 0.2) is 109 Å². The van der Waals surface area contributed by atoms with Gasteiger partial charge in [0.25, 0.3) is 0 Å². The molecule has 0 aromatic heterocycles. The third-order valence-electron chi connectivity index (χ3n) is 8.75. The van der Waals surface area contributed by atoms with Gasteiger partial charge in [-0.05, 0) is 137 Å². The molecular weight excluding hydrogens is 608 g/mol. The van der Waals surface area contributed by atoms with Crippen molar-refractivity contribution < 1.29 is 40.9 Å². The fraction of sp³-hybridized carbons (Fsp3) is 0. The van der Waals surface area contributed by atoms with E-state index in [9.17, 15) is 40.9 Å². The third kappa shape index (κ3) is 4.63. The highest BCUT2D eigenvalue weighted by molar-refractivity contribution is 6.32. The van der Waals surface area contributed by atoms with Gasteiger partial charge in [-0.1, -0.05) is 24.3 Å². The minimum Gasteiger partial charge on any atom is -0.508 e. The van der Waals surface area contributed by atoms with Gasteiger partial charge >= 0.3 is 0 Å². The van der Waals surface area contributed by atoms with Crippen LogP contribution < -0.4 is 0 Å². The van der Waals surface area contributed by atoms with Crippen molar-refractivity contribution in [3.8, 4) is 90.5 Å². The van der Waals surface area contributed by atoms with E-state index in [2.05, 4.69) is 0 Å². The maximum absolute atomic E-state index is 10.5. The Bertz CT molecular complexity index is 2170. The van der Waals surface area contributed by atoms with Crippen LogP contribution in [0.4, 0.5) is 0 Å². The Labute approximate surface area is 272 Å². The Morgan fingerprint density at radius 3 is 0.604 bits per heavy atom. The summed E-state index contributed by atoms with van der Waals surface area (Å²) in [6.07, 6.45) is 0. The lowest BCUT2D eigenvalue weighted by Gasteiger charge is -2.22. The molecule has 0 aliphatic heterocycles. The molecule has 8 aromatic carbocycles. The highest BCUT2D eigenvalue weighted by Crippen LogP contribution is 2.50. The molecule has 0 unspecified atom stereocenters. The van der Waals surface area contributed by atoms with Crippen molar-refractivity contribution in [1.82, 2.24) is 0 Å². The molecule has 8 N–H and O–H groups in total. The Morgan fingerprint density at radius 1 is 0.229 bits per heavy atom. The lowest BCUT2D eigenvalue weighted by Crippen LogP contribution is -1.94. The number of hydrogen-bond donors (Lipinski definition) is 8. The monoisotopic (exact) mass is 634 g/mol. The Balaban J connectivity index is 1.60. The summed E-state index contributed by atoms with van der Waals surface area (Å²) in [5.74, 6) is -1.08. The molecule has 234 valence electrons. The second kappa shape index (κ2) is 10.4. The van der Waals surface area contributed by atoms with E-state index in [0.29, 0.717) is 44.5 Å². The van der Waals surface area contributed by atoms with Crippen molar-refractivity contribution in [3.05, 3.63) is 109 Å². The van der Waals surface area contributed by atoms with Gasteiger partial charge in [-0.3, -0.25) is 0 Å². The smallest absolute Gasteiger partial charge is 0.119 e. The Hall–Kier alpha value is -6.80. The summed E-state index contributed by atoms with van der Waals surface area (Å²) < 4.78 is 0. The molecule has 8 nitrogen and oxygen atoms in total. The van der Waals surface area contributed by atoms with E-state index in [1.54, 1.807) is 0 Å². The lowest BCUT2D eigenvalue weighted by atomic mass is 9.82. The summed E-state index contributed by atoms with van der Waals surface area (Å²) in [5.41, 5.74) is 4.69. The summed E-state index contributed by atoms with van der Waals surface area (Å²) in [5, 5.41) is 88.3. The quantitative estimate of drug-likeness (QED) is 0.0890. The fourth-order valence-electron chi connectivity index (χ4n) is 6.95. The molecule has 0 heterocycles. The zero-order valence-electron chi connectivity index (χ0n) is 25.0. The van der Waals surface area contributed by atoms with E-state index < -0.39 is 0 Å². The van der Waals surface area contributed by atoms with Crippen LogP contribution in [0.5, 0.6) is 46.0 Å². The molecule has 8 aromatic rings. The fourth-order valence-corrected chi connectivity index (χ4v) is 6.95. The van der Waals surface area contributed by atoms with E-state index in [4.69, 9.17) is 0 Å². The van der Waals surface area contributed by atoms with Crippen LogP contribution in [0.2, 0.25) is 0 Å². The van der Waals surface area contributed by atoms with Gasteiger partial charge in [0.15, 0.2) is 0 Å². The van der Waals surface area contributed by atoms with Gasteiger partial charge < -0.3 is 40.9 Å². The zero-order valence-corrected chi connectivity index (χ0v) is 25.0. The van der Waals surface area contributed by atoms with Crippen molar-refractivity contribution in [1.29, 1.82) is 0 Å². The standard InChI is InChI=1S/C40H26O8/c41-23-5-19(6-24(42)13-23)35-17-37(21-9-27(45)15-28(46)10-21)33-3-4-34-38(22-11-29(47)16-30(48)12-22)18-36(20-7-25(43)14-26(44)8-20)32-2-1-31(35)39(33)40(32)34/h1-18,41-48H. The highest BCUT2D eigenvalue weighted by Gasteiger charge is 2.22. The first kappa shape index (κ1) is 28.7. The largest absolute Gasteiger partial charge is 0.508 e. The van der Waals surface area contributed by atoms with E-state index in [1.165, 1.54) is 72.8 Å². The molecule has 0 radical (unpaired) electrons. The summed E-state index contributed by atoms with van der Waals surface area (Å²) in [6, 6.07) is 28.7. The van der Waals surface area contributed by atoms with Crippen molar-refractivity contribution in [2.75, 3.05) is 0 Å². The first-order valence-corrected chi connectivity index (χ1v) is 14.9. The van der Waals surface area contributed by atoms with Crippen LogP contribution in [-0.4, -0.2) is 40.9 Å². The minimum absolute atomic E-state index is 0.135. The molecular formula is C40H26O8. The van der Waals surface area contributed by atoms with E-state index in [0.717, 1.165) is 32.3 Å². The summed E-state index contributed by atoms with van der Waals surface area (Å²) >= 11 is 0. The molecule has 0 saturated heterocycles. The SMILES string of the molecule is Oc1cc(O)cc(-c2cc(-c3cc(O)cc(O)c3)c3ccc4c(-c5cc(O)cc(O)c5)cc(-c5cc(O)cc(O)c5)c5ccc2c3c54)c1. The number of hydrogen-bond acceptors (Lipinski definition) is 8. The molecule has 0 fully saturated rings. The maximum atomic E-state index is 10.5. The van der Waals surface area contributed by atoms with Crippen LogP contribution >= 0.6 is 0 Å². The number of rotatable bonds is 4. The van der Waals surface area contributed by atoms with Crippen LogP contribution in [-0.2, 0) is 0 Å². The first-order valence-electron chi connectivity index (χ1n) is 14.9. The average molecular weight is 635 g/mol. The van der Waals surface area contributed by atoms with E-state index in [-0.39, 0.29) is 46.0 Å². The summed E-state index contributed by atoms with van der Waals surface area (Å²) in [4.78, 5) is 0. The van der Waals surface area contributed by atoms with Gasteiger partial charge in [-0.15, -0.1) is 0 Å². The zero-order chi connectivity index (χ0) is 33.4. The molecule has 0 spiro atoms. The van der Waals surface area contributed by atoms with Gasteiger partial charge in [0.1, 0.15) is 46.0 Å². The van der Waals surface area contributed by atoms with Crippen molar-refractivity contribution in [3.63, 3.8) is 0 Å². The van der Waals surface area contributed by atoms with Gasteiger partial charge in [-0.25, -0.2) is 0 Å². The summed E-state index contributed by atoms with van der Waals surface area (Å²) in [6.45, 7) is 0. The van der Waals surface area contributed by atoms with Gasteiger partial charge in [0, 0.05) is 24.3 Å². The topological polar surface area (TPSA) is 162 Å². The van der Waals surface area contributed by atoms with Crippen LogP contribution in [0.25, 0.3) is 76.8 Å². The predicted molar refractivity (Wildman–Crippen MR) is 185 cm³/mol. The maximum Gasteiger partial charge on any atom is 0.119 e. The number of phenolic OH excluding ortho intramolecular Hbond substituents is 8. The molecule has 8 rings (SSSR count). The second-order valence-electron chi connectivity index (χ2n) is 12.0. The lowest BCUT2D eigenvalue weighted by molar-refractivity contribution is 0.450. The number of aromatic hydroxyl groups is 8. The molecule has 0 atom stereocenters. The predicted octanol–water partition coefficient (Wildman–Crippen LogP) is 8.90. The van der Waals surface area contributed by atoms with E-state index >= 15 is 0 Å². The molecule has 0 saturated carbocycles. The van der Waals surface area contributed by atoms with Crippen LogP contribution in [0.1, 0.15) is 0 Å². The van der Waals surface area contributed by atoms with Gasteiger partial charge in [0.2, 0.25) is 0 Å². The molecule has 0 amide bonds. The number of phenols is 8. The third-order valence-corrected chi connectivity index (χ3v) is 8.75. The van der Waals surface area contributed by atoms with Crippen molar-refractivity contribution in [2.45, 2.75) is 0 Å². The van der Waals surface area contributed by atoms with Crippen LogP contribution in [0, 0.1) is 0 Å². The second-order valence-corrected chi connectivity index (χ2v) is 12.0. The molecule has 0 aliphatic rings.